The van der Waals surface area contributed by atoms with Gasteiger partial charge in [-0.05, 0) is 40.7 Å². The summed E-state index contributed by atoms with van der Waals surface area (Å²) in [4.78, 5) is 10.7. The van der Waals surface area contributed by atoms with Gasteiger partial charge in [0.25, 0.3) is 0 Å². The van der Waals surface area contributed by atoms with Gasteiger partial charge >= 0.3 is 0 Å². The summed E-state index contributed by atoms with van der Waals surface area (Å²) in [5, 5.41) is 4.71. The average Bonchev–Trinajstić information content (AvgIpc) is 3.20. The van der Waals surface area contributed by atoms with E-state index in [0.29, 0.717) is 6.04 Å². The number of rotatable bonds is 9. The van der Waals surface area contributed by atoms with Gasteiger partial charge in [-0.1, -0.05) is 0 Å². The second-order valence-corrected chi connectivity index (χ2v) is 6.75. The monoisotopic (exact) mass is 296 g/mol. The lowest BCUT2D eigenvalue weighted by Crippen LogP contribution is -2.38. The molecule has 1 aliphatic rings. The van der Waals surface area contributed by atoms with Gasteiger partial charge in [0.05, 0.1) is 0 Å². The Hall–Kier alpha value is -0.650. The number of nitrogens with zero attached hydrogens (tertiary/aromatic N) is 3. The van der Waals surface area contributed by atoms with Crippen LogP contribution in [0.2, 0.25) is 0 Å². The fourth-order valence-corrected chi connectivity index (χ4v) is 3.42. The van der Waals surface area contributed by atoms with Gasteiger partial charge < -0.3 is 10.2 Å². The first-order chi connectivity index (χ1) is 9.65. The zero-order valence-electron chi connectivity index (χ0n) is 13.2. The molecule has 114 valence electrons. The van der Waals surface area contributed by atoms with E-state index >= 15 is 0 Å². The van der Waals surface area contributed by atoms with Crippen molar-refractivity contribution < 1.29 is 0 Å². The summed E-state index contributed by atoms with van der Waals surface area (Å²) >= 11 is 1.81. The Balaban J connectivity index is 1.73. The third-order valence-corrected chi connectivity index (χ3v) is 5.19. The molecule has 1 fully saturated rings. The van der Waals surface area contributed by atoms with E-state index in [1.54, 1.807) is 0 Å². The number of hydrogen-bond donors (Lipinski definition) is 1. The summed E-state index contributed by atoms with van der Waals surface area (Å²) in [6, 6.07) is 1.45. The van der Waals surface area contributed by atoms with Crippen molar-refractivity contribution in [3.63, 3.8) is 0 Å². The zero-order chi connectivity index (χ0) is 14.5. The highest BCUT2D eigenvalue weighted by Crippen LogP contribution is 2.26. The van der Waals surface area contributed by atoms with Crippen LogP contribution in [-0.4, -0.2) is 48.6 Å². The van der Waals surface area contributed by atoms with Gasteiger partial charge in [0.2, 0.25) is 0 Å². The molecule has 1 aromatic heterocycles. The Morgan fingerprint density at radius 1 is 1.40 bits per heavy atom. The molecule has 1 aliphatic carbocycles. The lowest BCUT2D eigenvalue weighted by atomic mass is 10.3. The summed E-state index contributed by atoms with van der Waals surface area (Å²) in [6.07, 6.45) is 4.77. The van der Waals surface area contributed by atoms with E-state index in [1.807, 2.05) is 17.5 Å². The van der Waals surface area contributed by atoms with Crippen molar-refractivity contribution in [3.05, 3.63) is 11.1 Å². The minimum Gasteiger partial charge on any atom is -0.349 e. The van der Waals surface area contributed by atoms with Crippen LogP contribution in [0.5, 0.6) is 0 Å². The summed E-state index contributed by atoms with van der Waals surface area (Å²) < 4.78 is 0. The van der Waals surface area contributed by atoms with Crippen LogP contribution in [0.4, 0.5) is 5.13 Å². The van der Waals surface area contributed by atoms with Gasteiger partial charge in [-0.2, -0.15) is 0 Å². The SMILES string of the molecule is CCN(CC)c1ncc(CNCC(C)N(C)C2CC2)s1. The van der Waals surface area contributed by atoms with E-state index in [9.17, 15) is 0 Å². The molecule has 0 spiro atoms. The molecule has 1 atom stereocenters. The van der Waals surface area contributed by atoms with Crippen LogP contribution in [0.25, 0.3) is 0 Å². The Morgan fingerprint density at radius 2 is 2.10 bits per heavy atom. The molecule has 0 aromatic carbocycles. The molecule has 0 radical (unpaired) electrons. The van der Waals surface area contributed by atoms with Crippen LogP contribution in [0.1, 0.15) is 38.5 Å². The molecule has 1 unspecified atom stereocenters. The largest absolute Gasteiger partial charge is 0.349 e. The molecule has 0 bridgehead atoms. The van der Waals surface area contributed by atoms with Crippen molar-refractivity contribution >= 4 is 16.5 Å². The first-order valence-corrected chi connectivity index (χ1v) is 8.59. The summed E-state index contributed by atoms with van der Waals surface area (Å²) in [6.45, 7) is 10.7. The lowest BCUT2D eigenvalue weighted by molar-refractivity contribution is 0.241. The third kappa shape index (κ3) is 4.17. The molecule has 0 aliphatic heterocycles. The number of anilines is 1. The third-order valence-electron chi connectivity index (χ3n) is 4.13. The highest BCUT2D eigenvalue weighted by molar-refractivity contribution is 7.15. The van der Waals surface area contributed by atoms with Crippen LogP contribution in [-0.2, 0) is 6.54 Å². The van der Waals surface area contributed by atoms with Gasteiger partial charge in [-0.15, -0.1) is 11.3 Å². The number of nitrogens with one attached hydrogen (secondary N) is 1. The van der Waals surface area contributed by atoms with Crippen LogP contribution >= 0.6 is 11.3 Å². The molecule has 2 rings (SSSR count). The van der Waals surface area contributed by atoms with Crippen molar-refractivity contribution in [2.75, 3.05) is 31.6 Å². The normalized spacial score (nSPS) is 16.6. The highest BCUT2D eigenvalue weighted by Gasteiger charge is 2.28. The second-order valence-electron chi connectivity index (χ2n) is 5.66. The van der Waals surface area contributed by atoms with Crippen LogP contribution in [0, 0.1) is 0 Å². The first kappa shape index (κ1) is 15.7. The molecule has 4 nitrogen and oxygen atoms in total. The minimum atomic E-state index is 0.609. The Labute approximate surface area is 127 Å². The second kappa shape index (κ2) is 7.38. The summed E-state index contributed by atoms with van der Waals surface area (Å²) in [5.74, 6) is 0. The fourth-order valence-electron chi connectivity index (χ4n) is 2.41. The van der Waals surface area contributed by atoms with Gasteiger partial charge in [-0.25, -0.2) is 4.98 Å². The van der Waals surface area contributed by atoms with Gasteiger partial charge in [0.15, 0.2) is 5.13 Å². The molecule has 20 heavy (non-hydrogen) atoms. The highest BCUT2D eigenvalue weighted by atomic mass is 32.1. The fraction of sp³-hybridized carbons (Fsp3) is 0.800. The van der Waals surface area contributed by atoms with Crippen molar-refractivity contribution in [2.24, 2.45) is 0 Å². The average molecular weight is 296 g/mol. The number of thiazole rings is 1. The molecule has 1 heterocycles. The van der Waals surface area contributed by atoms with Crippen LogP contribution < -0.4 is 10.2 Å². The molecule has 0 amide bonds. The van der Waals surface area contributed by atoms with Crippen LogP contribution in [0.15, 0.2) is 6.20 Å². The smallest absolute Gasteiger partial charge is 0.185 e. The topological polar surface area (TPSA) is 31.4 Å². The Bertz CT molecular complexity index is 398. The van der Waals surface area contributed by atoms with Crippen LogP contribution in [0.3, 0.4) is 0 Å². The maximum absolute atomic E-state index is 4.52. The predicted octanol–water partition coefficient (Wildman–Crippen LogP) is 2.56. The van der Waals surface area contributed by atoms with Crippen molar-refractivity contribution in [1.82, 2.24) is 15.2 Å². The van der Waals surface area contributed by atoms with E-state index in [0.717, 1.165) is 37.4 Å². The quantitative estimate of drug-likeness (QED) is 0.759. The van der Waals surface area contributed by atoms with E-state index in [2.05, 4.69) is 47.9 Å². The maximum Gasteiger partial charge on any atom is 0.185 e. The van der Waals surface area contributed by atoms with Gasteiger partial charge in [0.1, 0.15) is 0 Å². The molecule has 1 N–H and O–H groups in total. The molecule has 1 aromatic rings. The van der Waals surface area contributed by atoms with Crippen molar-refractivity contribution in [1.29, 1.82) is 0 Å². The van der Waals surface area contributed by atoms with E-state index in [-0.39, 0.29) is 0 Å². The van der Waals surface area contributed by atoms with Crippen molar-refractivity contribution in [3.8, 4) is 0 Å². The Kier molecular flexibility index (Phi) is 5.81. The molecule has 0 saturated heterocycles. The van der Waals surface area contributed by atoms with E-state index < -0.39 is 0 Å². The van der Waals surface area contributed by atoms with Crippen molar-refractivity contribution in [2.45, 2.75) is 52.2 Å². The zero-order valence-corrected chi connectivity index (χ0v) is 14.0. The number of likely N-dealkylation sites (N-methyl/N-ethyl adjacent to an activating group) is 1. The maximum atomic E-state index is 4.52. The van der Waals surface area contributed by atoms with E-state index in [1.165, 1.54) is 17.7 Å². The summed E-state index contributed by atoms with van der Waals surface area (Å²) in [7, 11) is 2.25. The number of aromatic nitrogens is 1. The predicted molar refractivity (Wildman–Crippen MR) is 87.6 cm³/mol. The van der Waals surface area contributed by atoms with Gasteiger partial charge in [0, 0.05) is 49.3 Å². The van der Waals surface area contributed by atoms with E-state index in [4.69, 9.17) is 0 Å². The van der Waals surface area contributed by atoms with Gasteiger partial charge in [-0.3, -0.25) is 4.90 Å². The minimum absolute atomic E-state index is 0.609. The molecular weight excluding hydrogens is 268 g/mol. The summed E-state index contributed by atoms with van der Waals surface area (Å²) in [5.41, 5.74) is 0. The molecule has 5 heteroatoms. The molecule has 1 saturated carbocycles. The first-order valence-electron chi connectivity index (χ1n) is 7.78. The molecular formula is C15H28N4S. The standard InChI is InChI=1S/C15H28N4S/c1-5-19(6-2)15-17-11-14(20-15)10-16-9-12(3)18(4)13-7-8-13/h11-13,16H,5-10H2,1-4H3. The Morgan fingerprint density at radius 3 is 2.70 bits per heavy atom. The number of hydrogen-bond acceptors (Lipinski definition) is 5. The lowest BCUT2D eigenvalue weighted by Gasteiger charge is -2.24.